The topological polar surface area (TPSA) is 208 Å². The van der Waals surface area contributed by atoms with Crippen LogP contribution in [0.5, 0.6) is 5.75 Å². The molecular formula is C20H28N4O8S. The van der Waals surface area contributed by atoms with Crippen LogP contribution in [0.4, 0.5) is 0 Å². The highest BCUT2D eigenvalue weighted by molar-refractivity contribution is 7.98. The molecule has 1 rings (SSSR count). The largest absolute Gasteiger partial charge is 0.508 e. The lowest BCUT2D eigenvalue weighted by Gasteiger charge is -2.21. The SMILES string of the molecule is CSCCC(NC(=O)C(N)Cc1ccc(O)cc1)C(=O)NCC(=O)NC(CC(=O)O)C(=O)O. The van der Waals surface area contributed by atoms with Crippen LogP contribution in [0.2, 0.25) is 0 Å². The summed E-state index contributed by atoms with van der Waals surface area (Å²) in [6.45, 7) is -0.604. The molecule has 3 unspecified atom stereocenters. The van der Waals surface area contributed by atoms with Gasteiger partial charge < -0.3 is 37.0 Å². The molecule has 1 aromatic carbocycles. The summed E-state index contributed by atoms with van der Waals surface area (Å²) in [7, 11) is 0. The minimum atomic E-state index is -1.64. The predicted octanol–water partition coefficient (Wildman–Crippen LogP) is -1.34. The van der Waals surface area contributed by atoms with Crippen molar-refractivity contribution in [3.05, 3.63) is 29.8 Å². The van der Waals surface area contributed by atoms with E-state index in [1.165, 1.54) is 23.9 Å². The minimum absolute atomic E-state index is 0.0762. The molecule has 0 spiro atoms. The molecule has 0 saturated heterocycles. The second kappa shape index (κ2) is 14.0. The Morgan fingerprint density at radius 1 is 1.00 bits per heavy atom. The van der Waals surface area contributed by atoms with Crippen molar-refractivity contribution in [1.29, 1.82) is 0 Å². The van der Waals surface area contributed by atoms with Crippen molar-refractivity contribution in [3.8, 4) is 5.75 Å². The molecule has 0 aromatic heterocycles. The Hall–Kier alpha value is -3.32. The first-order valence-corrected chi connectivity index (χ1v) is 11.3. The predicted molar refractivity (Wildman–Crippen MR) is 120 cm³/mol. The van der Waals surface area contributed by atoms with Crippen LogP contribution < -0.4 is 21.7 Å². The smallest absolute Gasteiger partial charge is 0.326 e. The van der Waals surface area contributed by atoms with Crippen molar-refractivity contribution < 1.29 is 39.3 Å². The van der Waals surface area contributed by atoms with Gasteiger partial charge in [0.1, 0.15) is 17.8 Å². The van der Waals surface area contributed by atoms with Gasteiger partial charge in [0.05, 0.1) is 19.0 Å². The van der Waals surface area contributed by atoms with E-state index in [0.717, 1.165) is 0 Å². The molecule has 8 N–H and O–H groups in total. The number of aromatic hydroxyl groups is 1. The van der Waals surface area contributed by atoms with E-state index < -0.39 is 60.8 Å². The number of nitrogens with one attached hydrogen (secondary N) is 3. The van der Waals surface area contributed by atoms with Gasteiger partial charge in [-0.25, -0.2) is 4.79 Å². The summed E-state index contributed by atoms with van der Waals surface area (Å²) in [5.41, 5.74) is 6.64. The lowest BCUT2D eigenvalue weighted by molar-refractivity contribution is -0.147. The van der Waals surface area contributed by atoms with Crippen LogP contribution in [-0.4, -0.2) is 81.7 Å². The highest BCUT2D eigenvalue weighted by Crippen LogP contribution is 2.11. The van der Waals surface area contributed by atoms with E-state index in [4.69, 9.17) is 15.9 Å². The van der Waals surface area contributed by atoms with Gasteiger partial charge in [-0.2, -0.15) is 11.8 Å². The van der Waals surface area contributed by atoms with E-state index in [-0.39, 0.29) is 18.6 Å². The summed E-state index contributed by atoms with van der Waals surface area (Å²) in [4.78, 5) is 58.6. The summed E-state index contributed by atoms with van der Waals surface area (Å²) in [6.07, 6.45) is 1.42. The van der Waals surface area contributed by atoms with Gasteiger partial charge in [-0.3, -0.25) is 19.2 Å². The molecule has 13 heteroatoms. The Bertz CT molecular complexity index is 849. The van der Waals surface area contributed by atoms with Crippen molar-refractivity contribution in [3.63, 3.8) is 0 Å². The van der Waals surface area contributed by atoms with E-state index in [9.17, 15) is 29.1 Å². The van der Waals surface area contributed by atoms with Gasteiger partial charge >= 0.3 is 11.9 Å². The number of carbonyl (C=O) groups is 5. The van der Waals surface area contributed by atoms with Crippen molar-refractivity contribution in [2.24, 2.45) is 5.73 Å². The number of carboxylic acids is 2. The standard InChI is InChI=1S/C20H28N4O8S/c1-33-7-6-14(24-18(29)13(21)8-11-2-4-12(25)5-3-11)19(30)22-10-16(26)23-15(20(31)32)9-17(27)28/h2-5,13-15,25H,6-10,21H2,1H3,(H,22,30)(H,23,26)(H,24,29)(H,27,28)(H,31,32). The monoisotopic (exact) mass is 484 g/mol. The number of thioether (sulfide) groups is 1. The Morgan fingerprint density at radius 3 is 2.18 bits per heavy atom. The van der Waals surface area contributed by atoms with E-state index in [1.54, 1.807) is 12.1 Å². The molecule has 0 bridgehead atoms. The molecular weight excluding hydrogens is 456 g/mol. The van der Waals surface area contributed by atoms with Crippen molar-refractivity contribution >= 4 is 41.4 Å². The quantitative estimate of drug-likeness (QED) is 0.165. The minimum Gasteiger partial charge on any atom is -0.508 e. The fraction of sp³-hybridized carbons (Fsp3) is 0.450. The first-order valence-electron chi connectivity index (χ1n) is 9.88. The van der Waals surface area contributed by atoms with Crippen LogP contribution in [0.25, 0.3) is 0 Å². The molecule has 0 aliphatic carbocycles. The molecule has 33 heavy (non-hydrogen) atoms. The zero-order valence-corrected chi connectivity index (χ0v) is 18.8. The lowest BCUT2D eigenvalue weighted by atomic mass is 10.1. The zero-order chi connectivity index (χ0) is 25.0. The molecule has 1 aromatic rings. The van der Waals surface area contributed by atoms with Gasteiger partial charge in [-0.1, -0.05) is 12.1 Å². The molecule has 3 atom stereocenters. The second-order valence-electron chi connectivity index (χ2n) is 7.09. The summed E-state index contributed by atoms with van der Waals surface area (Å²) in [5, 5.41) is 33.9. The maximum Gasteiger partial charge on any atom is 0.326 e. The van der Waals surface area contributed by atoms with Crippen LogP contribution >= 0.6 is 11.8 Å². The summed E-state index contributed by atoms with van der Waals surface area (Å²) >= 11 is 1.44. The van der Waals surface area contributed by atoms with Crippen LogP contribution in [0.1, 0.15) is 18.4 Å². The normalized spacial score (nSPS) is 13.3. The third-order valence-corrected chi connectivity index (χ3v) is 5.05. The number of aliphatic carboxylic acids is 2. The Balaban J connectivity index is 2.66. The lowest BCUT2D eigenvalue weighted by Crippen LogP contribution is -2.54. The molecule has 0 fully saturated rings. The number of benzene rings is 1. The van der Waals surface area contributed by atoms with E-state index in [2.05, 4.69) is 10.6 Å². The Morgan fingerprint density at radius 2 is 1.64 bits per heavy atom. The number of phenols is 1. The van der Waals surface area contributed by atoms with Crippen molar-refractivity contribution in [2.45, 2.75) is 37.4 Å². The van der Waals surface area contributed by atoms with Crippen molar-refractivity contribution in [2.75, 3.05) is 18.6 Å². The second-order valence-corrected chi connectivity index (χ2v) is 8.08. The highest BCUT2D eigenvalue weighted by atomic mass is 32.2. The number of carboxylic acid groups (broad SMARTS) is 2. The number of nitrogens with two attached hydrogens (primary N) is 1. The summed E-state index contributed by atoms with van der Waals surface area (Å²) in [5.74, 6) is -4.48. The van der Waals surface area contributed by atoms with Crippen molar-refractivity contribution in [1.82, 2.24) is 16.0 Å². The number of hydrogen-bond acceptors (Lipinski definition) is 8. The van der Waals surface area contributed by atoms with Gasteiger partial charge in [0.25, 0.3) is 0 Å². The number of hydrogen-bond donors (Lipinski definition) is 7. The van der Waals surface area contributed by atoms with E-state index in [1.807, 2.05) is 11.6 Å². The number of carbonyl (C=O) groups excluding carboxylic acids is 3. The maximum absolute atomic E-state index is 12.5. The van der Waals surface area contributed by atoms with Gasteiger partial charge in [-0.15, -0.1) is 0 Å². The Labute approximate surface area is 194 Å². The number of rotatable bonds is 14. The average Bonchev–Trinajstić information content (AvgIpc) is 2.75. The molecule has 12 nitrogen and oxygen atoms in total. The van der Waals surface area contributed by atoms with E-state index >= 15 is 0 Å². The molecule has 0 aliphatic heterocycles. The van der Waals surface area contributed by atoms with Gasteiger partial charge in [-0.05, 0) is 42.5 Å². The molecule has 0 heterocycles. The maximum atomic E-state index is 12.5. The molecule has 0 saturated carbocycles. The Kier molecular flexibility index (Phi) is 11.7. The fourth-order valence-electron chi connectivity index (χ4n) is 2.67. The van der Waals surface area contributed by atoms with Crippen LogP contribution in [-0.2, 0) is 30.4 Å². The summed E-state index contributed by atoms with van der Waals surface area (Å²) < 4.78 is 0. The molecule has 0 radical (unpaired) electrons. The van der Waals surface area contributed by atoms with Gasteiger partial charge in [0.2, 0.25) is 17.7 Å². The number of phenolic OH excluding ortho intramolecular Hbond substituents is 1. The van der Waals surface area contributed by atoms with E-state index in [0.29, 0.717) is 11.3 Å². The van der Waals surface area contributed by atoms with Crippen LogP contribution in [0.3, 0.4) is 0 Å². The first kappa shape index (κ1) is 27.7. The third kappa shape index (κ3) is 10.7. The molecule has 0 aliphatic rings. The highest BCUT2D eigenvalue weighted by Gasteiger charge is 2.26. The molecule has 182 valence electrons. The van der Waals surface area contributed by atoms with Crippen LogP contribution in [0, 0.1) is 0 Å². The first-order chi connectivity index (χ1) is 15.5. The zero-order valence-electron chi connectivity index (χ0n) is 17.9. The third-order valence-electron chi connectivity index (χ3n) is 4.41. The molecule has 3 amide bonds. The van der Waals surface area contributed by atoms with Crippen LogP contribution in [0.15, 0.2) is 24.3 Å². The number of amides is 3. The fourth-order valence-corrected chi connectivity index (χ4v) is 3.14. The summed E-state index contributed by atoms with van der Waals surface area (Å²) in [6, 6.07) is 2.57. The van der Waals surface area contributed by atoms with Gasteiger partial charge in [0.15, 0.2) is 0 Å². The average molecular weight is 485 g/mol. The van der Waals surface area contributed by atoms with Gasteiger partial charge in [0, 0.05) is 0 Å².